The zero-order valence-corrected chi connectivity index (χ0v) is 14.1. The molecular formula is C13H9Cl3N4OS. The third-order valence-corrected chi connectivity index (χ3v) is 4.43. The van der Waals surface area contributed by atoms with Crippen molar-refractivity contribution in [3.63, 3.8) is 0 Å². The van der Waals surface area contributed by atoms with Gasteiger partial charge in [0.2, 0.25) is 16.8 Å². The fourth-order valence-electron chi connectivity index (χ4n) is 1.89. The standard InChI is InChI=1S/C13H9Cl3N4OS/c14-4-3-11(21)17-12-18-13-20(19-12)10(6-22-13)8-5-7(15)1-2-9(8)16/h1-2,5-6H,3-4H2,(H,17,19,21). The summed E-state index contributed by atoms with van der Waals surface area (Å²) in [6.45, 7) is 0. The molecule has 2 heterocycles. The van der Waals surface area contributed by atoms with Crippen molar-refractivity contribution in [3.05, 3.63) is 33.6 Å². The van der Waals surface area contributed by atoms with E-state index in [-0.39, 0.29) is 24.2 Å². The smallest absolute Gasteiger partial charge is 0.250 e. The van der Waals surface area contributed by atoms with Crippen LogP contribution in [0.5, 0.6) is 0 Å². The van der Waals surface area contributed by atoms with E-state index in [1.807, 2.05) is 5.38 Å². The number of amides is 1. The third-order valence-electron chi connectivity index (χ3n) is 2.86. The average Bonchev–Trinajstić information content (AvgIpc) is 3.01. The number of carbonyl (C=O) groups is 1. The number of aromatic nitrogens is 3. The first-order chi connectivity index (χ1) is 10.6. The number of anilines is 1. The number of halogens is 3. The Morgan fingerprint density at radius 2 is 2.18 bits per heavy atom. The van der Waals surface area contributed by atoms with Gasteiger partial charge in [-0.1, -0.05) is 23.2 Å². The number of hydrogen-bond acceptors (Lipinski definition) is 4. The second-order valence-corrected chi connectivity index (χ2v) is 6.42. The minimum atomic E-state index is -0.226. The molecule has 1 N–H and O–H groups in total. The van der Waals surface area contributed by atoms with Crippen LogP contribution in [0.3, 0.4) is 0 Å². The fourth-order valence-corrected chi connectivity index (χ4v) is 3.27. The summed E-state index contributed by atoms with van der Waals surface area (Å²) in [5.74, 6) is 0.259. The Bertz CT molecular complexity index is 845. The van der Waals surface area contributed by atoms with E-state index in [9.17, 15) is 4.79 Å². The number of fused-ring (bicyclic) bond motifs is 1. The maximum Gasteiger partial charge on any atom is 0.250 e. The molecule has 0 unspecified atom stereocenters. The van der Waals surface area contributed by atoms with Gasteiger partial charge >= 0.3 is 0 Å². The summed E-state index contributed by atoms with van der Waals surface area (Å²) in [6, 6.07) is 5.21. The van der Waals surface area contributed by atoms with Crippen LogP contribution in [0.2, 0.25) is 10.0 Å². The summed E-state index contributed by atoms with van der Waals surface area (Å²) in [5, 5.41) is 9.91. The van der Waals surface area contributed by atoms with Crippen LogP contribution in [-0.2, 0) is 4.79 Å². The molecule has 0 aliphatic rings. The van der Waals surface area contributed by atoms with Crippen molar-refractivity contribution in [2.75, 3.05) is 11.2 Å². The summed E-state index contributed by atoms with van der Waals surface area (Å²) >= 11 is 19.2. The Kier molecular flexibility index (Phi) is 4.54. The van der Waals surface area contributed by atoms with E-state index in [1.165, 1.54) is 11.3 Å². The molecule has 0 atom stereocenters. The lowest BCUT2D eigenvalue weighted by atomic mass is 10.2. The largest absolute Gasteiger partial charge is 0.293 e. The van der Waals surface area contributed by atoms with Crippen LogP contribution < -0.4 is 5.32 Å². The Morgan fingerprint density at radius 1 is 1.36 bits per heavy atom. The highest BCUT2D eigenvalue weighted by Crippen LogP contribution is 2.33. The number of benzene rings is 1. The van der Waals surface area contributed by atoms with Gasteiger partial charge in [-0.15, -0.1) is 28.0 Å². The molecule has 5 nitrogen and oxygen atoms in total. The maximum absolute atomic E-state index is 11.5. The molecule has 0 spiro atoms. The number of alkyl halides is 1. The molecule has 0 saturated carbocycles. The summed E-state index contributed by atoms with van der Waals surface area (Å²) < 4.78 is 1.62. The van der Waals surface area contributed by atoms with E-state index in [4.69, 9.17) is 34.8 Å². The number of nitrogens with zero attached hydrogens (tertiary/aromatic N) is 3. The molecule has 0 fully saturated rings. The van der Waals surface area contributed by atoms with E-state index >= 15 is 0 Å². The van der Waals surface area contributed by atoms with Crippen LogP contribution in [0.4, 0.5) is 5.95 Å². The second kappa shape index (κ2) is 6.42. The Balaban J connectivity index is 1.99. The minimum absolute atomic E-state index is 0.210. The molecule has 1 aromatic carbocycles. The molecule has 2 aromatic heterocycles. The predicted molar refractivity (Wildman–Crippen MR) is 90.3 cm³/mol. The van der Waals surface area contributed by atoms with E-state index in [1.54, 1.807) is 22.7 Å². The Hall–Kier alpha value is -1.34. The Labute approximate surface area is 144 Å². The van der Waals surface area contributed by atoms with Gasteiger partial charge in [0.15, 0.2) is 0 Å². The second-order valence-electron chi connectivity index (χ2n) is 4.36. The lowest BCUT2D eigenvalue weighted by molar-refractivity contribution is -0.115. The van der Waals surface area contributed by atoms with E-state index < -0.39 is 0 Å². The molecule has 1 amide bonds. The summed E-state index contributed by atoms with van der Waals surface area (Å²) in [4.78, 5) is 16.4. The first-order valence-corrected chi connectivity index (χ1v) is 8.41. The van der Waals surface area contributed by atoms with Gasteiger partial charge in [0.1, 0.15) is 0 Å². The molecule has 0 aliphatic carbocycles. The van der Waals surface area contributed by atoms with Crippen molar-refractivity contribution in [1.29, 1.82) is 0 Å². The first-order valence-electron chi connectivity index (χ1n) is 6.24. The zero-order chi connectivity index (χ0) is 15.7. The molecular weight excluding hydrogens is 367 g/mol. The summed E-state index contributed by atoms with van der Waals surface area (Å²) in [6.07, 6.45) is 0.210. The van der Waals surface area contributed by atoms with Gasteiger partial charge in [-0.3, -0.25) is 10.1 Å². The van der Waals surface area contributed by atoms with Crippen LogP contribution in [-0.4, -0.2) is 26.4 Å². The van der Waals surface area contributed by atoms with E-state index in [2.05, 4.69) is 15.4 Å². The van der Waals surface area contributed by atoms with Crippen LogP contribution in [0, 0.1) is 0 Å². The Morgan fingerprint density at radius 3 is 2.95 bits per heavy atom. The van der Waals surface area contributed by atoms with Crippen molar-refractivity contribution in [2.24, 2.45) is 0 Å². The van der Waals surface area contributed by atoms with Crippen LogP contribution in [0.15, 0.2) is 23.6 Å². The van der Waals surface area contributed by atoms with Gasteiger partial charge < -0.3 is 0 Å². The molecule has 0 radical (unpaired) electrons. The SMILES string of the molecule is O=C(CCCl)Nc1nc2scc(-c3cc(Cl)ccc3Cl)n2n1. The number of rotatable bonds is 4. The van der Waals surface area contributed by atoms with Gasteiger partial charge in [-0.05, 0) is 18.2 Å². The van der Waals surface area contributed by atoms with Gasteiger partial charge in [-0.25, -0.2) is 4.52 Å². The van der Waals surface area contributed by atoms with Crippen molar-refractivity contribution < 1.29 is 4.79 Å². The van der Waals surface area contributed by atoms with Gasteiger partial charge in [-0.2, -0.15) is 4.98 Å². The summed E-state index contributed by atoms with van der Waals surface area (Å²) in [7, 11) is 0. The van der Waals surface area contributed by atoms with Crippen molar-refractivity contribution in [1.82, 2.24) is 14.6 Å². The van der Waals surface area contributed by atoms with Crippen molar-refractivity contribution >= 4 is 63.0 Å². The zero-order valence-electron chi connectivity index (χ0n) is 11.0. The molecule has 0 aliphatic heterocycles. The molecule has 3 rings (SSSR count). The number of carbonyl (C=O) groups excluding carboxylic acids is 1. The van der Waals surface area contributed by atoms with Crippen molar-refractivity contribution in [2.45, 2.75) is 6.42 Å². The fraction of sp³-hybridized carbons (Fsp3) is 0.154. The third kappa shape index (κ3) is 3.05. The molecule has 9 heteroatoms. The molecule has 0 saturated heterocycles. The lowest BCUT2D eigenvalue weighted by Gasteiger charge is -2.03. The summed E-state index contributed by atoms with van der Waals surface area (Å²) in [5.41, 5.74) is 1.52. The van der Waals surface area contributed by atoms with Gasteiger partial charge in [0.25, 0.3) is 0 Å². The average molecular weight is 376 g/mol. The van der Waals surface area contributed by atoms with E-state index in [0.29, 0.717) is 15.0 Å². The highest BCUT2D eigenvalue weighted by atomic mass is 35.5. The number of hydrogen-bond donors (Lipinski definition) is 1. The van der Waals surface area contributed by atoms with Crippen LogP contribution in [0.1, 0.15) is 6.42 Å². The van der Waals surface area contributed by atoms with Crippen LogP contribution in [0.25, 0.3) is 16.2 Å². The monoisotopic (exact) mass is 374 g/mol. The molecule has 0 bridgehead atoms. The van der Waals surface area contributed by atoms with Crippen LogP contribution >= 0.6 is 46.1 Å². The first kappa shape index (κ1) is 15.6. The highest BCUT2D eigenvalue weighted by molar-refractivity contribution is 7.15. The lowest BCUT2D eigenvalue weighted by Crippen LogP contribution is -2.12. The number of nitrogens with one attached hydrogen (secondary N) is 1. The predicted octanol–water partition coefficient (Wildman–Crippen LogP) is 4.33. The van der Waals surface area contributed by atoms with E-state index in [0.717, 1.165) is 11.3 Å². The topological polar surface area (TPSA) is 59.3 Å². The highest BCUT2D eigenvalue weighted by Gasteiger charge is 2.15. The molecule has 3 aromatic rings. The van der Waals surface area contributed by atoms with Crippen molar-refractivity contribution in [3.8, 4) is 11.3 Å². The molecule has 114 valence electrons. The molecule has 22 heavy (non-hydrogen) atoms. The minimum Gasteiger partial charge on any atom is -0.293 e. The maximum atomic E-state index is 11.5. The quantitative estimate of drug-likeness (QED) is 0.690. The normalized spacial score (nSPS) is 11.0. The number of thiazole rings is 1. The van der Waals surface area contributed by atoms with Gasteiger partial charge in [0.05, 0.1) is 10.7 Å². The van der Waals surface area contributed by atoms with Gasteiger partial charge in [0, 0.05) is 28.3 Å².